The van der Waals surface area contributed by atoms with E-state index >= 15 is 0 Å². The van der Waals surface area contributed by atoms with E-state index < -0.39 is 5.97 Å². The fourth-order valence-corrected chi connectivity index (χ4v) is 3.59. The largest absolute Gasteiger partial charge is 0.481 e. The van der Waals surface area contributed by atoms with E-state index in [-0.39, 0.29) is 0 Å². The Kier molecular flexibility index (Phi) is 4.60. The molecule has 7 heteroatoms. The van der Waals surface area contributed by atoms with Crippen molar-refractivity contribution >= 4 is 33.6 Å². The number of furan rings is 1. The number of ether oxygens (including phenoxy) is 2. The molecule has 0 N–H and O–H groups in total. The number of nitrogens with zero attached hydrogens (tertiary/aromatic N) is 2. The molecule has 0 aliphatic carbocycles. The number of aromatic nitrogens is 2. The summed E-state index contributed by atoms with van der Waals surface area (Å²) in [7, 11) is 1.60. The lowest BCUT2D eigenvalue weighted by molar-refractivity contribution is -0.137. The third kappa shape index (κ3) is 3.54. The van der Waals surface area contributed by atoms with Gasteiger partial charge in [-0.25, -0.2) is 14.8 Å². The van der Waals surface area contributed by atoms with Crippen LogP contribution in [0.5, 0.6) is 5.88 Å². The number of carbonyl (C=O) groups excluding carboxylic acids is 1. The van der Waals surface area contributed by atoms with E-state index in [1.807, 2.05) is 24.3 Å². The van der Waals surface area contributed by atoms with E-state index in [1.54, 1.807) is 26.2 Å². The molecule has 27 heavy (non-hydrogen) atoms. The van der Waals surface area contributed by atoms with Crippen LogP contribution in [-0.2, 0) is 9.53 Å². The van der Waals surface area contributed by atoms with Gasteiger partial charge in [0.05, 0.1) is 13.7 Å². The Bertz CT molecular complexity index is 1110. The highest BCUT2D eigenvalue weighted by atomic mass is 32.1. The van der Waals surface area contributed by atoms with Crippen LogP contribution in [0, 0.1) is 0 Å². The number of hydrogen-bond donors (Lipinski definition) is 0. The minimum Gasteiger partial charge on any atom is -0.481 e. The number of fused-ring (bicyclic) bond motifs is 2. The molecule has 4 heterocycles. The summed E-state index contributed by atoms with van der Waals surface area (Å²) in [5.41, 5.74) is 1.76. The minimum atomic E-state index is -0.399. The van der Waals surface area contributed by atoms with Crippen LogP contribution in [-0.4, -0.2) is 29.7 Å². The lowest BCUT2D eigenvalue weighted by atomic mass is 10.2. The molecule has 2 aliphatic rings. The Hall–Kier alpha value is -3.19. The zero-order valence-corrected chi connectivity index (χ0v) is 15.6. The zero-order valence-electron chi connectivity index (χ0n) is 14.8. The van der Waals surface area contributed by atoms with Crippen molar-refractivity contribution in [2.45, 2.75) is 6.92 Å². The van der Waals surface area contributed by atoms with E-state index in [9.17, 15) is 4.79 Å². The van der Waals surface area contributed by atoms with Crippen molar-refractivity contribution in [1.82, 2.24) is 9.97 Å². The number of methoxy groups -OCH3 is 1. The Balaban J connectivity index is 1.65. The molecule has 0 saturated carbocycles. The Morgan fingerprint density at radius 1 is 1.22 bits per heavy atom. The van der Waals surface area contributed by atoms with Crippen LogP contribution in [0.1, 0.15) is 12.7 Å². The van der Waals surface area contributed by atoms with Crippen LogP contribution < -0.4 is 4.74 Å². The zero-order chi connectivity index (χ0) is 18.8. The summed E-state index contributed by atoms with van der Waals surface area (Å²) in [6.45, 7) is 2.10. The standard InChI is InChI=1S/C20H16N2O4S/c1-3-25-18(23)9-6-14-5-7-16(26-14)15-11-13-10-12-4-8-17(24-2)22-19(12)27-20(13)21-15/h4-11H,3H2,1-2H3/b9-6+. The van der Waals surface area contributed by atoms with Crippen LogP contribution >= 0.6 is 11.3 Å². The highest BCUT2D eigenvalue weighted by Crippen LogP contribution is 2.36. The van der Waals surface area contributed by atoms with Crippen molar-refractivity contribution in [3.8, 4) is 27.9 Å². The van der Waals surface area contributed by atoms with E-state index in [0.717, 1.165) is 26.5 Å². The van der Waals surface area contributed by atoms with Gasteiger partial charge in [0.25, 0.3) is 0 Å². The molecule has 0 spiro atoms. The van der Waals surface area contributed by atoms with Crippen LogP contribution in [0.15, 0.2) is 46.9 Å². The average molecular weight is 380 g/mol. The van der Waals surface area contributed by atoms with Gasteiger partial charge >= 0.3 is 5.97 Å². The van der Waals surface area contributed by atoms with E-state index in [4.69, 9.17) is 13.9 Å². The Morgan fingerprint density at radius 2 is 2.11 bits per heavy atom. The summed E-state index contributed by atoms with van der Waals surface area (Å²) >= 11 is 1.50. The molecule has 0 aromatic carbocycles. The molecular formula is C20H16N2O4S. The molecule has 0 saturated heterocycles. The number of hydrogen-bond acceptors (Lipinski definition) is 7. The van der Waals surface area contributed by atoms with E-state index in [2.05, 4.69) is 16.0 Å². The fourth-order valence-electron chi connectivity index (χ4n) is 2.65. The van der Waals surface area contributed by atoms with Gasteiger partial charge in [-0.3, -0.25) is 0 Å². The monoisotopic (exact) mass is 380 g/mol. The molecule has 2 aliphatic heterocycles. The molecule has 0 atom stereocenters. The molecule has 2 aromatic rings. The van der Waals surface area contributed by atoms with Gasteiger partial charge in [0.1, 0.15) is 21.3 Å². The van der Waals surface area contributed by atoms with Crippen LogP contribution in [0.4, 0.5) is 0 Å². The second kappa shape index (κ2) is 7.20. The van der Waals surface area contributed by atoms with Crippen molar-refractivity contribution in [2.24, 2.45) is 0 Å². The van der Waals surface area contributed by atoms with Gasteiger partial charge in [-0.15, -0.1) is 0 Å². The third-order valence-electron chi connectivity index (χ3n) is 3.89. The first-order chi connectivity index (χ1) is 13.2. The lowest BCUT2D eigenvalue weighted by Crippen LogP contribution is -1.98. The van der Waals surface area contributed by atoms with Crippen molar-refractivity contribution in [2.75, 3.05) is 13.7 Å². The van der Waals surface area contributed by atoms with Crippen molar-refractivity contribution < 1.29 is 18.7 Å². The molecular weight excluding hydrogens is 364 g/mol. The molecule has 0 fully saturated rings. The third-order valence-corrected chi connectivity index (χ3v) is 4.93. The Labute approximate surface area is 159 Å². The van der Waals surface area contributed by atoms with Crippen LogP contribution in [0.3, 0.4) is 0 Å². The maximum Gasteiger partial charge on any atom is 0.330 e. The predicted molar refractivity (Wildman–Crippen MR) is 104 cm³/mol. The van der Waals surface area contributed by atoms with Crippen molar-refractivity contribution in [3.63, 3.8) is 0 Å². The molecule has 0 unspecified atom stereocenters. The summed E-state index contributed by atoms with van der Waals surface area (Å²) in [5.74, 6) is 1.37. The Morgan fingerprint density at radius 3 is 2.93 bits per heavy atom. The summed E-state index contributed by atoms with van der Waals surface area (Å²) in [4.78, 5) is 21.4. The maximum absolute atomic E-state index is 11.4. The average Bonchev–Trinajstić information content (AvgIpc) is 3.30. The lowest BCUT2D eigenvalue weighted by Gasteiger charge is -2.02. The summed E-state index contributed by atoms with van der Waals surface area (Å²) < 4.78 is 15.8. The maximum atomic E-state index is 11.4. The molecule has 2 aromatic heterocycles. The quantitative estimate of drug-likeness (QED) is 0.371. The van der Waals surface area contributed by atoms with E-state index in [1.165, 1.54) is 17.4 Å². The molecule has 4 rings (SSSR count). The van der Waals surface area contributed by atoms with Crippen molar-refractivity contribution in [1.29, 1.82) is 0 Å². The van der Waals surface area contributed by atoms with Crippen LogP contribution in [0.2, 0.25) is 0 Å². The molecule has 0 radical (unpaired) electrons. The van der Waals surface area contributed by atoms with Gasteiger partial charge in [-0.1, -0.05) is 11.3 Å². The van der Waals surface area contributed by atoms with Crippen LogP contribution in [0.25, 0.3) is 38.3 Å². The fraction of sp³-hybridized carbons (Fsp3) is 0.150. The number of esters is 1. The molecule has 0 bridgehead atoms. The first-order valence-electron chi connectivity index (χ1n) is 8.36. The normalized spacial score (nSPS) is 11.5. The number of carbonyl (C=O) groups is 1. The second-order valence-electron chi connectivity index (χ2n) is 5.68. The minimum absolute atomic E-state index is 0.340. The SMILES string of the molecule is CCOC(=O)/C=C/c1ccc(-c2cc3cc4ccc(OC)nc4sc-3n2)o1. The summed E-state index contributed by atoms with van der Waals surface area (Å²) in [5, 5.41) is 1.91. The topological polar surface area (TPSA) is 74.5 Å². The molecule has 0 amide bonds. The van der Waals surface area contributed by atoms with Gasteiger partial charge < -0.3 is 13.9 Å². The summed E-state index contributed by atoms with van der Waals surface area (Å²) in [6, 6.07) is 11.5. The first-order valence-corrected chi connectivity index (χ1v) is 9.18. The number of rotatable bonds is 5. The molecule has 6 nitrogen and oxygen atoms in total. The second-order valence-corrected chi connectivity index (χ2v) is 6.66. The highest BCUT2D eigenvalue weighted by molar-refractivity contribution is 7.21. The van der Waals surface area contributed by atoms with Gasteiger partial charge in [0.2, 0.25) is 5.88 Å². The highest BCUT2D eigenvalue weighted by Gasteiger charge is 2.15. The molecule has 136 valence electrons. The van der Waals surface area contributed by atoms with Crippen molar-refractivity contribution in [3.05, 3.63) is 48.2 Å². The van der Waals surface area contributed by atoms with E-state index in [0.29, 0.717) is 24.0 Å². The summed E-state index contributed by atoms with van der Waals surface area (Å²) in [6.07, 6.45) is 2.92. The first kappa shape index (κ1) is 17.2. The van der Waals surface area contributed by atoms with Gasteiger partial charge in [-0.2, -0.15) is 0 Å². The smallest absolute Gasteiger partial charge is 0.330 e. The number of pyridine rings is 1. The van der Waals surface area contributed by atoms with Gasteiger partial charge in [0.15, 0.2) is 5.76 Å². The predicted octanol–water partition coefficient (Wildman–Crippen LogP) is 4.64. The van der Waals surface area contributed by atoms with Gasteiger partial charge in [0, 0.05) is 23.1 Å². The van der Waals surface area contributed by atoms with Gasteiger partial charge in [-0.05, 0) is 43.3 Å².